The van der Waals surface area contributed by atoms with E-state index in [1.54, 1.807) is 6.07 Å². The number of carbonyl (C=O) groups is 1. The molecule has 0 radical (unpaired) electrons. The summed E-state index contributed by atoms with van der Waals surface area (Å²) < 4.78 is 5.34. The van der Waals surface area contributed by atoms with Crippen LogP contribution in [0.15, 0.2) is 16.7 Å². The maximum atomic E-state index is 11.2. The highest BCUT2D eigenvalue weighted by Gasteiger charge is 2.28. The number of nitrogen functional groups attached to an aromatic ring is 1. The Morgan fingerprint density at radius 2 is 2.44 bits per heavy atom. The first-order valence-electron chi connectivity index (χ1n) is 5.57. The summed E-state index contributed by atoms with van der Waals surface area (Å²) in [6, 6.07) is 2.44. The van der Waals surface area contributed by atoms with Gasteiger partial charge in [-0.25, -0.2) is 5.84 Å². The second-order valence-electron chi connectivity index (χ2n) is 4.07. The van der Waals surface area contributed by atoms with E-state index in [4.69, 9.17) is 10.3 Å². The second-order valence-corrected chi connectivity index (χ2v) is 4.07. The Kier molecular flexibility index (Phi) is 3.26. The van der Waals surface area contributed by atoms with E-state index in [-0.39, 0.29) is 5.91 Å². The molecule has 16 heavy (non-hydrogen) atoms. The lowest BCUT2D eigenvalue weighted by Gasteiger charge is -2.17. The molecule has 1 aliphatic carbocycles. The molecule has 1 fully saturated rings. The van der Waals surface area contributed by atoms with Gasteiger partial charge in [-0.1, -0.05) is 6.92 Å². The summed E-state index contributed by atoms with van der Waals surface area (Å²) in [5.41, 5.74) is 2.56. The summed E-state index contributed by atoms with van der Waals surface area (Å²) in [7, 11) is 0. The quantitative estimate of drug-likeness (QED) is 0.441. The summed E-state index contributed by atoms with van der Waals surface area (Å²) in [6.45, 7) is 3.90. The molecule has 0 aromatic carbocycles. The average molecular weight is 223 g/mol. The normalized spacial score (nSPS) is 15.4. The maximum Gasteiger partial charge on any atom is 0.268 e. The fourth-order valence-electron chi connectivity index (χ4n) is 1.80. The Morgan fingerprint density at radius 3 is 3.00 bits per heavy atom. The standard InChI is InChI=1S/C11H17N3O2/c1-2-14(9-3-4-9)6-10-5-8(7-16-10)11(15)13-12/h5,7,9H,2-4,6,12H2,1H3,(H,13,15). The monoisotopic (exact) mass is 223 g/mol. The number of nitrogens with two attached hydrogens (primary N) is 1. The van der Waals surface area contributed by atoms with Gasteiger partial charge in [0.05, 0.1) is 12.1 Å². The number of rotatable bonds is 5. The van der Waals surface area contributed by atoms with E-state index < -0.39 is 0 Å². The largest absolute Gasteiger partial charge is 0.467 e. The highest BCUT2D eigenvalue weighted by molar-refractivity contribution is 5.93. The molecule has 1 heterocycles. The van der Waals surface area contributed by atoms with Gasteiger partial charge in [0, 0.05) is 6.04 Å². The van der Waals surface area contributed by atoms with Crippen LogP contribution in [0.4, 0.5) is 0 Å². The molecular formula is C11H17N3O2. The topological polar surface area (TPSA) is 71.5 Å². The minimum Gasteiger partial charge on any atom is -0.467 e. The minimum atomic E-state index is -0.315. The number of hydrogen-bond donors (Lipinski definition) is 2. The van der Waals surface area contributed by atoms with Crippen molar-refractivity contribution in [1.82, 2.24) is 10.3 Å². The molecule has 3 N–H and O–H groups in total. The fourth-order valence-corrected chi connectivity index (χ4v) is 1.80. The average Bonchev–Trinajstić information content (AvgIpc) is 3.04. The van der Waals surface area contributed by atoms with E-state index in [0.717, 1.165) is 18.8 Å². The zero-order chi connectivity index (χ0) is 11.5. The number of furan rings is 1. The van der Waals surface area contributed by atoms with Crippen molar-refractivity contribution < 1.29 is 9.21 Å². The molecule has 1 aromatic heterocycles. The van der Waals surface area contributed by atoms with Gasteiger partial charge in [-0.3, -0.25) is 15.1 Å². The predicted octanol–water partition coefficient (Wildman–Crippen LogP) is 0.867. The van der Waals surface area contributed by atoms with Crippen molar-refractivity contribution in [1.29, 1.82) is 0 Å². The molecule has 1 aromatic rings. The van der Waals surface area contributed by atoms with Crippen LogP contribution >= 0.6 is 0 Å². The molecule has 0 saturated heterocycles. The Hall–Kier alpha value is -1.33. The highest BCUT2D eigenvalue weighted by Crippen LogP contribution is 2.28. The predicted molar refractivity (Wildman–Crippen MR) is 59.5 cm³/mol. The van der Waals surface area contributed by atoms with Crippen LogP contribution in [0.1, 0.15) is 35.9 Å². The third kappa shape index (κ3) is 2.43. The molecule has 1 amide bonds. The molecule has 0 unspecified atom stereocenters. The lowest BCUT2D eigenvalue weighted by Crippen LogP contribution is -2.29. The molecule has 1 aliphatic rings. The van der Waals surface area contributed by atoms with Gasteiger partial charge in [-0.05, 0) is 25.5 Å². The lowest BCUT2D eigenvalue weighted by atomic mass is 10.3. The first-order valence-corrected chi connectivity index (χ1v) is 5.57. The fraction of sp³-hybridized carbons (Fsp3) is 0.545. The minimum absolute atomic E-state index is 0.315. The van der Waals surface area contributed by atoms with Crippen molar-refractivity contribution >= 4 is 5.91 Å². The van der Waals surface area contributed by atoms with Gasteiger partial charge in [0.25, 0.3) is 5.91 Å². The number of amides is 1. The van der Waals surface area contributed by atoms with Gasteiger partial charge >= 0.3 is 0 Å². The maximum absolute atomic E-state index is 11.2. The van der Waals surface area contributed by atoms with E-state index in [1.807, 2.05) is 0 Å². The van der Waals surface area contributed by atoms with Gasteiger partial charge in [0.1, 0.15) is 12.0 Å². The van der Waals surface area contributed by atoms with Gasteiger partial charge < -0.3 is 4.42 Å². The lowest BCUT2D eigenvalue weighted by molar-refractivity contribution is 0.0953. The van der Waals surface area contributed by atoms with Crippen LogP contribution in [-0.4, -0.2) is 23.4 Å². The summed E-state index contributed by atoms with van der Waals surface area (Å²) in [5.74, 6) is 5.54. The third-order valence-electron chi connectivity index (χ3n) is 2.88. The molecule has 5 nitrogen and oxygen atoms in total. The number of hydrogen-bond acceptors (Lipinski definition) is 4. The molecule has 5 heteroatoms. The second kappa shape index (κ2) is 4.67. The van der Waals surface area contributed by atoms with E-state index in [2.05, 4.69) is 17.2 Å². The molecular weight excluding hydrogens is 206 g/mol. The highest BCUT2D eigenvalue weighted by atomic mass is 16.3. The smallest absolute Gasteiger partial charge is 0.268 e. The van der Waals surface area contributed by atoms with Crippen LogP contribution in [0, 0.1) is 0 Å². The zero-order valence-corrected chi connectivity index (χ0v) is 9.40. The van der Waals surface area contributed by atoms with Crippen LogP contribution in [0.25, 0.3) is 0 Å². The van der Waals surface area contributed by atoms with Crippen molar-refractivity contribution in [3.8, 4) is 0 Å². The van der Waals surface area contributed by atoms with E-state index in [1.165, 1.54) is 19.1 Å². The van der Waals surface area contributed by atoms with Crippen molar-refractivity contribution in [2.24, 2.45) is 5.84 Å². The van der Waals surface area contributed by atoms with Gasteiger partial charge in [0.15, 0.2) is 0 Å². The Labute approximate surface area is 94.6 Å². The van der Waals surface area contributed by atoms with E-state index >= 15 is 0 Å². The molecule has 1 saturated carbocycles. The number of hydrazine groups is 1. The molecule has 88 valence electrons. The SMILES string of the molecule is CCN(Cc1cc(C(=O)NN)co1)C1CC1. The molecule has 2 rings (SSSR count). The van der Waals surface area contributed by atoms with Crippen LogP contribution < -0.4 is 11.3 Å². The van der Waals surface area contributed by atoms with Gasteiger partial charge in [-0.15, -0.1) is 0 Å². The Bertz CT molecular complexity index is 371. The van der Waals surface area contributed by atoms with Crippen molar-refractivity contribution in [2.75, 3.05) is 6.54 Å². The third-order valence-corrected chi connectivity index (χ3v) is 2.88. The van der Waals surface area contributed by atoms with Crippen LogP contribution in [0.3, 0.4) is 0 Å². The molecule has 0 bridgehead atoms. The van der Waals surface area contributed by atoms with Gasteiger partial charge in [0.2, 0.25) is 0 Å². The first kappa shape index (κ1) is 11.2. The van der Waals surface area contributed by atoms with Crippen LogP contribution in [-0.2, 0) is 6.54 Å². The van der Waals surface area contributed by atoms with Crippen molar-refractivity contribution in [2.45, 2.75) is 32.4 Å². The summed E-state index contributed by atoms with van der Waals surface area (Å²) in [5, 5.41) is 0. The summed E-state index contributed by atoms with van der Waals surface area (Å²) in [6.07, 6.45) is 3.98. The van der Waals surface area contributed by atoms with Crippen molar-refractivity contribution in [3.05, 3.63) is 23.7 Å². The van der Waals surface area contributed by atoms with Crippen LogP contribution in [0.2, 0.25) is 0 Å². The number of nitrogens with zero attached hydrogens (tertiary/aromatic N) is 1. The first-order chi connectivity index (χ1) is 7.74. The summed E-state index contributed by atoms with van der Waals surface area (Å²) >= 11 is 0. The zero-order valence-electron chi connectivity index (χ0n) is 9.40. The molecule has 0 atom stereocenters. The number of carbonyl (C=O) groups excluding carboxylic acids is 1. The Balaban J connectivity index is 1.98. The molecule has 0 spiro atoms. The molecule has 0 aliphatic heterocycles. The van der Waals surface area contributed by atoms with Gasteiger partial charge in [-0.2, -0.15) is 0 Å². The van der Waals surface area contributed by atoms with E-state index in [0.29, 0.717) is 11.6 Å². The Morgan fingerprint density at radius 1 is 1.69 bits per heavy atom. The number of nitrogens with one attached hydrogen (secondary N) is 1. The summed E-state index contributed by atoms with van der Waals surface area (Å²) in [4.78, 5) is 13.6. The van der Waals surface area contributed by atoms with Crippen LogP contribution in [0.5, 0.6) is 0 Å². The van der Waals surface area contributed by atoms with E-state index in [9.17, 15) is 4.79 Å². The van der Waals surface area contributed by atoms with Crippen molar-refractivity contribution in [3.63, 3.8) is 0 Å².